The number of ether oxygens (including phenoxy) is 1. The Bertz CT molecular complexity index is 394. The number of likely N-dealkylation sites (N-methyl/N-ethyl adjacent to an activating group) is 1. The minimum absolute atomic E-state index is 0.0205. The van der Waals surface area contributed by atoms with Crippen molar-refractivity contribution in [1.82, 2.24) is 10.2 Å². The summed E-state index contributed by atoms with van der Waals surface area (Å²) in [5, 5.41) is 12.9. The molecule has 0 aliphatic carbocycles. The van der Waals surface area contributed by atoms with Crippen molar-refractivity contribution in [1.29, 1.82) is 0 Å². The van der Waals surface area contributed by atoms with Crippen LogP contribution in [0.3, 0.4) is 0 Å². The van der Waals surface area contributed by atoms with Gasteiger partial charge >= 0.3 is 0 Å². The van der Waals surface area contributed by atoms with Crippen LogP contribution in [0.1, 0.15) is 11.7 Å². The molecule has 0 aliphatic rings. The predicted octanol–water partition coefficient (Wildman–Crippen LogP) is 0.406. The Morgan fingerprint density at radius 1 is 1.50 bits per heavy atom. The number of hydrogen-bond acceptors (Lipinski definition) is 4. The molecule has 0 aromatic heterocycles. The van der Waals surface area contributed by atoms with Crippen molar-refractivity contribution < 1.29 is 14.6 Å². The van der Waals surface area contributed by atoms with Crippen molar-refractivity contribution >= 4 is 5.91 Å². The normalized spacial score (nSPS) is 12.0. The highest BCUT2D eigenvalue weighted by atomic mass is 16.5. The summed E-state index contributed by atoms with van der Waals surface area (Å²) in [7, 11) is 4.98. The quantitative estimate of drug-likeness (QED) is 0.769. The number of carbonyl (C=O) groups is 1. The zero-order chi connectivity index (χ0) is 13.5. The lowest BCUT2D eigenvalue weighted by Gasteiger charge is -2.14. The number of aliphatic hydroxyl groups is 1. The number of hydrogen-bond donors (Lipinski definition) is 2. The molecular weight excluding hydrogens is 232 g/mol. The Hall–Kier alpha value is -1.59. The number of nitrogens with one attached hydrogen (secondary N) is 1. The first-order valence-electron chi connectivity index (χ1n) is 5.77. The average molecular weight is 252 g/mol. The third kappa shape index (κ3) is 4.35. The maximum Gasteiger partial charge on any atom is 0.236 e. The van der Waals surface area contributed by atoms with Gasteiger partial charge in [0.1, 0.15) is 5.75 Å². The van der Waals surface area contributed by atoms with Crippen LogP contribution in [-0.2, 0) is 4.79 Å². The van der Waals surface area contributed by atoms with Crippen LogP contribution in [-0.4, -0.2) is 50.2 Å². The third-order valence-corrected chi connectivity index (χ3v) is 2.59. The summed E-state index contributed by atoms with van der Waals surface area (Å²) in [4.78, 5) is 12.8. The van der Waals surface area contributed by atoms with E-state index in [0.29, 0.717) is 12.3 Å². The molecule has 1 aromatic rings. The maximum absolute atomic E-state index is 11.3. The summed E-state index contributed by atoms with van der Waals surface area (Å²) >= 11 is 0. The van der Waals surface area contributed by atoms with Gasteiger partial charge in [-0.2, -0.15) is 0 Å². The van der Waals surface area contributed by atoms with Crippen LogP contribution in [0.15, 0.2) is 24.3 Å². The number of aliphatic hydroxyl groups excluding tert-OH is 1. The minimum atomic E-state index is -0.657. The summed E-state index contributed by atoms with van der Waals surface area (Å²) in [5.41, 5.74) is 0.763. The second-order valence-corrected chi connectivity index (χ2v) is 4.21. The third-order valence-electron chi connectivity index (χ3n) is 2.59. The topological polar surface area (TPSA) is 61.8 Å². The largest absolute Gasteiger partial charge is 0.497 e. The SMILES string of the molecule is COc1cccc(C(O)CNCC(=O)N(C)C)c1. The summed E-state index contributed by atoms with van der Waals surface area (Å²) in [6, 6.07) is 7.24. The van der Waals surface area contributed by atoms with Gasteiger partial charge in [0.2, 0.25) is 5.91 Å². The van der Waals surface area contributed by atoms with Crippen LogP contribution < -0.4 is 10.1 Å². The number of methoxy groups -OCH3 is 1. The smallest absolute Gasteiger partial charge is 0.236 e. The molecule has 100 valence electrons. The number of benzene rings is 1. The van der Waals surface area contributed by atoms with Gasteiger partial charge in [-0.1, -0.05) is 12.1 Å². The highest BCUT2D eigenvalue weighted by Gasteiger charge is 2.09. The Morgan fingerprint density at radius 2 is 2.22 bits per heavy atom. The van der Waals surface area contributed by atoms with E-state index >= 15 is 0 Å². The van der Waals surface area contributed by atoms with Crippen LogP contribution in [0.5, 0.6) is 5.75 Å². The van der Waals surface area contributed by atoms with Gasteiger partial charge in [0.15, 0.2) is 0 Å². The molecule has 1 atom stereocenters. The van der Waals surface area contributed by atoms with Gasteiger partial charge < -0.3 is 20.1 Å². The van der Waals surface area contributed by atoms with Gasteiger partial charge in [0, 0.05) is 20.6 Å². The van der Waals surface area contributed by atoms with E-state index in [0.717, 1.165) is 5.56 Å². The van der Waals surface area contributed by atoms with E-state index in [-0.39, 0.29) is 12.5 Å². The van der Waals surface area contributed by atoms with E-state index in [1.165, 1.54) is 4.90 Å². The zero-order valence-electron chi connectivity index (χ0n) is 11.0. The standard InChI is InChI=1S/C13H20N2O3/c1-15(2)13(17)9-14-8-12(16)10-5-4-6-11(7-10)18-3/h4-7,12,14,16H,8-9H2,1-3H3. The second kappa shape index (κ2) is 6.98. The lowest BCUT2D eigenvalue weighted by Crippen LogP contribution is -2.34. The van der Waals surface area contributed by atoms with Gasteiger partial charge in [-0.3, -0.25) is 4.79 Å². The molecule has 2 N–H and O–H groups in total. The fraction of sp³-hybridized carbons (Fsp3) is 0.462. The Kier molecular flexibility index (Phi) is 5.61. The predicted molar refractivity (Wildman–Crippen MR) is 69.5 cm³/mol. The average Bonchev–Trinajstić information content (AvgIpc) is 2.38. The molecule has 18 heavy (non-hydrogen) atoms. The molecule has 1 amide bonds. The molecule has 0 aliphatic heterocycles. The molecule has 0 saturated heterocycles. The van der Waals surface area contributed by atoms with Crippen LogP contribution in [0.4, 0.5) is 0 Å². The van der Waals surface area contributed by atoms with Crippen LogP contribution in [0, 0.1) is 0 Å². The van der Waals surface area contributed by atoms with E-state index in [9.17, 15) is 9.90 Å². The molecule has 1 unspecified atom stereocenters. The Labute approximate surface area is 107 Å². The molecule has 0 bridgehead atoms. The molecular formula is C13H20N2O3. The van der Waals surface area contributed by atoms with Gasteiger partial charge in [0.05, 0.1) is 19.8 Å². The summed E-state index contributed by atoms with van der Waals surface area (Å²) in [6.07, 6.45) is -0.657. The molecule has 0 heterocycles. The summed E-state index contributed by atoms with van der Waals surface area (Å²) in [5.74, 6) is 0.684. The second-order valence-electron chi connectivity index (χ2n) is 4.21. The maximum atomic E-state index is 11.3. The Balaban J connectivity index is 2.45. The van der Waals surface area contributed by atoms with Crippen molar-refractivity contribution in [2.24, 2.45) is 0 Å². The first kappa shape index (κ1) is 14.5. The van der Waals surface area contributed by atoms with Gasteiger partial charge in [-0.05, 0) is 17.7 Å². The van der Waals surface area contributed by atoms with Crippen LogP contribution in [0.25, 0.3) is 0 Å². The fourth-order valence-electron chi connectivity index (χ4n) is 1.44. The van der Waals surface area contributed by atoms with E-state index in [2.05, 4.69) is 5.32 Å². The summed E-state index contributed by atoms with van der Waals surface area (Å²) < 4.78 is 5.09. The lowest BCUT2D eigenvalue weighted by atomic mass is 10.1. The van der Waals surface area contributed by atoms with Crippen molar-refractivity contribution in [2.45, 2.75) is 6.10 Å². The number of amides is 1. The van der Waals surface area contributed by atoms with Crippen molar-refractivity contribution in [3.8, 4) is 5.75 Å². The lowest BCUT2D eigenvalue weighted by molar-refractivity contribution is -0.127. The zero-order valence-corrected chi connectivity index (χ0v) is 11.0. The fourth-order valence-corrected chi connectivity index (χ4v) is 1.44. The highest BCUT2D eigenvalue weighted by Crippen LogP contribution is 2.18. The first-order valence-corrected chi connectivity index (χ1v) is 5.77. The minimum Gasteiger partial charge on any atom is -0.497 e. The van der Waals surface area contributed by atoms with Crippen LogP contribution >= 0.6 is 0 Å². The van der Waals surface area contributed by atoms with Gasteiger partial charge in [-0.25, -0.2) is 0 Å². The van der Waals surface area contributed by atoms with E-state index in [4.69, 9.17) is 4.74 Å². The molecule has 0 radical (unpaired) electrons. The molecule has 0 fully saturated rings. The molecule has 5 heteroatoms. The Morgan fingerprint density at radius 3 is 2.83 bits per heavy atom. The molecule has 1 rings (SSSR count). The number of carbonyl (C=O) groups excluding carboxylic acids is 1. The first-order chi connectivity index (χ1) is 8.54. The molecule has 5 nitrogen and oxygen atoms in total. The molecule has 1 aromatic carbocycles. The molecule has 0 saturated carbocycles. The monoisotopic (exact) mass is 252 g/mol. The van der Waals surface area contributed by atoms with Gasteiger partial charge in [0.25, 0.3) is 0 Å². The molecule has 0 spiro atoms. The van der Waals surface area contributed by atoms with Gasteiger partial charge in [-0.15, -0.1) is 0 Å². The van der Waals surface area contributed by atoms with E-state index < -0.39 is 6.10 Å². The van der Waals surface area contributed by atoms with Crippen molar-refractivity contribution in [3.05, 3.63) is 29.8 Å². The highest BCUT2D eigenvalue weighted by molar-refractivity contribution is 5.77. The van der Waals surface area contributed by atoms with E-state index in [1.54, 1.807) is 27.3 Å². The summed E-state index contributed by atoms with van der Waals surface area (Å²) in [6.45, 7) is 0.542. The number of nitrogens with zero attached hydrogens (tertiary/aromatic N) is 1. The van der Waals surface area contributed by atoms with Crippen LogP contribution in [0.2, 0.25) is 0 Å². The van der Waals surface area contributed by atoms with Crippen molar-refractivity contribution in [2.75, 3.05) is 34.3 Å². The number of rotatable bonds is 6. The van der Waals surface area contributed by atoms with Crippen molar-refractivity contribution in [3.63, 3.8) is 0 Å². The van der Waals surface area contributed by atoms with E-state index in [1.807, 2.05) is 18.2 Å².